The van der Waals surface area contributed by atoms with Gasteiger partial charge in [-0.05, 0) is 36.5 Å². The second kappa shape index (κ2) is 7.11. The third-order valence-electron chi connectivity index (χ3n) is 6.24. The minimum Gasteiger partial charge on any atom is -0.359 e. The number of benzene rings is 2. The lowest BCUT2D eigenvalue weighted by atomic mass is 9.83. The Bertz CT molecular complexity index is 1120. The van der Waals surface area contributed by atoms with Gasteiger partial charge in [-0.1, -0.05) is 47.6 Å². The number of nitrogens with zero attached hydrogens (tertiary/aromatic N) is 2. The summed E-state index contributed by atoms with van der Waals surface area (Å²) < 4.78 is 5.48. The number of fused-ring (bicyclic) bond motifs is 1. The minimum absolute atomic E-state index is 0.0757. The molecule has 30 heavy (non-hydrogen) atoms. The molecule has 1 fully saturated rings. The van der Waals surface area contributed by atoms with Crippen molar-refractivity contribution in [3.05, 3.63) is 77.0 Å². The highest BCUT2D eigenvalue weighted by Crippen LogP contribution is 2.46. The van der Waals surface area contributed by atoms with Gasteiger partial charge in [0.2, 0.25) is 5.91 Å². The van der Waals surface area contributed by atoms with Crippen LogP contribution in [-0.2, 0) is 24.2 Å². The van der Waals surface area contributed by atoms with Crippen LogP contribution >= 0.6 is 0 Å². The van der Waals surface area contributed by atoms with Crippen LogP contribution in [0.4, 0.5) is 0 Å². The number of likely N-dealkylation sites (tertiary alicyclic amines) is 1. The number of carbonyl (C=O) groups excluding carboxylic acids is 2. The largest absolute Gasteiger partial charge is 0.359 e. The van der Waals surface area contributed by atoms with E-state index in [1.54, 1.807) is 17.6 Å². The van der Waals surface area contributed by atoms with E-state index in [1.807, 2.05) is 47.4 Å². The fourth-order valence-corrected chi connectivity index (χ4v) is 4.74. The molecule has 2 aliphatic rings. The van der Waals surface area contributed by atoms with Crippen LogP contribution in [0.15, 0.2) is 59.1 Å². The summed E-state index contributed by atoms with van der Waals surface area (Å²) in [5.74, 6) is 0.183. The Morgan fingerprint density at radius 1 is 1.17 bits per heavy atom. The number of aromatic nitrogens is 1. The number of nitrogens with one attached hydrogen (secondary N) is 1. The number of amides is 2. The maximum atomic E-state index is 13.3. The average Bonchev–Trinajstić information content (AvgIpc) is 3.48. The van der Waals surface area contributed by atoms with Crippen LogP contribution in [0.25, 0.3) is 11.3 Å². The molecular formula is C23H21N3O4. The normalized spacial score (nSPS) is 20.0. The summed E-state index contributed by atoms with van der Waals surface area (Å²) in [7, 11) is 0. The Labute approximate surface area is 173 Å². The monoisotopic (exact) mass is 403 g/mol. The van der Waals surface area contributed by atoms with E-state index in [9.17, 15) is 9.59 Å². The van der Waals surface area contributed by atoms with Crippen molar-refractivity contribution in [1.82, 2.24) is 15.5 Å². The van der Waals surface area contributed by atoms with Gasteiger partial charge in [-0.15, -0.1) is 0 Å². The Morgan fingerprint density at radius 3 is 2.80 bits per heavy atom. The van der Waals surface area contributed by atoms with Crippen molar-refractivity contribution in [1.29, 1.82) is 0 Å². The molecule has 0 saturated carbocycles. The molecule has 0 radical (unpaired) electrons. The molecule has 0 bridgehead atoms. The van der Waals surface area contributed by atoms with E-state index in [4.69, 9.17) is 9.73 Å². The molecule has 1 aliphatic carbocycles. The predicted molar refractivity (Wildman–Crippen MR) is 108 cm³/mol. The highest BCUT2D eigenvalue weighted by Gasteiger charge is 2.50. The summed E-state index contributed by atoms with van der Waals surface area (Å²) in [6.45, 7) is 1.01. The molecule has 7 nitrogen and oxygen atoms in total. The fourth-order valence-electron chi connectivity index (χ4n) is 4.74. The molecule has 2 amide bonds. The zero-order chi connectivity index (χ0) is 20.7. The Hall–Kier alpha value is -3.45. The molecule has 1 unspecified atom stereocenters. The molecule has 2 N–H and O–H groups in total. The van der Waals surface area contributed by atoms with Gasteiger partial charge in [0.25, 0.3) is 5.91 Å². The van der Waals surface area contributed by atoms with E-state index in [0.717, 1.165) is 28.8 Å². The van der Waals surface area contributed by atoms with Crippen LogP contribution in [0, 0.1) is 5.41 Å². The number of hydroxylamine groups is 1. The molecule has 1 aromatic heterocycles. The predicted octanol–water partition coefficient (Wildman–Crippen LogP) is 2.98. The summed E-state index contributed by atoms with van der Waals surface area (Å²) in [5.41, 5.74) is 5.17. The maximum Gasteiger partial charge on any atom is 0.274 e. The molecular weight excluding hydrogens is 382 g/mol. The second-order valence-electron chi connectivity index (χ2n) is 8.04. The third kappa shape index (κ3) is 2.98. The van der Waals surface area contributed by atoms with Crippen LogP contribution in [0.2, 0.25) is 0 Å². The van der Waals surface area contributed by atoms with Gasteiger partial charge in [-0.25, -0.2) is 5.48 Å². The molecule has 1 spiro atoms. The van der Waals surface area contributed by atoms with Gasteiger partial charge >= 0.3 is 0 Å². The summed E-state index contributed by atoms with van der Waals surface area (Å²) >= 11 is 0. The average molecular weight is 403 g/mol. The second-order valence-corrected chi connectivity index (χ2v) is 8.04. The molecule has 2 aromatic carbocycles. The van der Waals surface area contributed by atoms with Crippen molar-refractivity contribution >= 4 is 11.8 Å². The summed E-state index contributed by atoms with van der Waals surface area (Å²) in [6.07, 6.45) is 1.84. The number of hydrogen-bond acceptors (Lipinski definition) is 5. The van der Waals surface area contributed by atoms with E-state index < -0.39 is 11.3 Å². The lowest BCUT2D eigenvalue weighted by Crippen LogP contribution is -2.35. The Balaban J connectivity index is 1.34. The van der Waals surface area contributed by atoms with Gasteiger partial charge in [-0.3, -0.25) is 14.8 Å². The Morgan fingerprint density at radius 2 is 2.00 bits per heavy atom. The minimum atomic E-state index is -0.540. The standard InChI is InChI=1S/C23H21N3O4/c27-21(24-29)18-8-4-7-16-12-23(13-19(16)18)9-10-26(22(23)28)14-17-11-20(25-30-17)15-5-2-1-3-6-15/h1-8,11,29H,9-10,12-14H2,(H,24,27). The first-order valence-electron chi connectivity index (χ1n) is 9.95. The van der Waals surface area contributed by atoms with Crippen LogP contribution in [0.3, 0.4) is 0 Å². The summed E-state index contributed by atoms with van der Waals surface area (Å²) in [5, 5.41) is 13.2. The summed E-state index contributed by atoms with van der Waals surface area (Å²) in [4.78, 5) is 27.2. The van der Waals surface area contributed by atoms with Crippen molar-refractivity contribution in [2.24, 2.45) is 5.41 Å². The SMILES string of the molecule is O=C(NO)c1cccc2c1CC1(CCN(Cc3cc(-c4ccccc4)no3)C1=O)C2. The van der Waals surface area contributed by atoms with Crippen LogP contribution in [0.1, 0.15) is 33.7 Å². The quantitative estimate of drug-likeness (QED) is 0.516. The highest BCUT2D eigenvalue weighted by atomic mass is 16.5. The van der Waals surface area contributed by atoms with Crippen LogP contribution < -0.4 is 5.48 Å². The van der Waals surface area contributed by atoms with Gasteiger partial charge in [0.15, 0.2) is 5.76 Å². The molecule has 1 saturated heterocycles. The smallest absolute Gasteiger partial charge is 0.274 e. The summed E-state index contributed by atoms with van der Waals surface area (Å²) in [6, 6.07) is 17.1. The highest BCUT2D eigenvalue weighted by molar-refractivity contribution is 5.96. The van der Waals surface area contributed by atoms with E-state index >= 15 is 0 Å². The molecule has 5 rings (SSSR count). The lowest BCUT2D eigenvalue weighted by Gasteiger charge is -2.22. The first-order chi connectivity index (χ1) is 14.6. The van der Waals surface area contributed by atoms with E-state index in [-0.39, 0.29) is 5.91 Å². The molecule has 1 aliphatic heterocycles. The molecule has 1 atom stereocenters. The molecule has 2 heterocycles. The van der Waals surface area contributed by atoms with Crippen LogP contribution in [0.5, 0.6) is 0 Å². The number of hydrogen-bond donors (Lipinski definition) is 2. The number of carbonyl (C=O) groups is 2. The van der Waals surface area contributed by atoms with Crippen molar-refractivity contribution in [3.8, 4) is 11.3 Å². The first kappa shape index (κ1) is 18.6. The van der Waals surface area contributed by atoms with E-state index in [2.05, 4.69) is 5.16 Å². The molecule has 3 aromatic rings. The van der Waals surface area contributed by atoms with Gasteiger partial charge < -0.3 is 9.42 Å². The molecule has 152 valence electrons. The third-order valence-corrected chi connectivity index (χ3v) is 6.24. The van der Waals surface area contributed by atoms with Crippen molar-refractivity contribution in [2.45, 2.75) is 25.8 Å². The van der Waals surface area contributed by atoms with Crippen molar-refractivity contribution in [2.75, 3.05) is 6.54 Å². The zero-order valence-corrected chi connectivity index (χ0v) is 16.3. The van der Waals surface area contributed by atoms with E-state index in [1.165, 1.54) is 0 Å². The van der Waals surface area contributed by atoms with Gasteiger partial charge in [0.05, 0.1) is 12.0 Å². The van der Waals surface area contributed by atoms with Gasteiger partial charge in [-0.2, -0.15) is 0 Å². The number of rotatable bonds is 4. The topological polar surface area (TPSA) is 95.7 Å². The van der Waals surface area contributed by atoms with Crippen molar-refractivity contribution in [3.63, 3.8) is 0 Å². The van der Waals surface area contributed by atoms with Gasteiger partial charge in [0, 0.05) is 23.7 Å². The zero-order valence-electron chi connectivity index (χ0n) is 16.3. The first-order valence-corrected chi connectivity index (χ1v) is 9.95. The van der Waals surface area contributed by atoms with Gasteiger partial charge in [0.1, 0.15) is 5.69 Å². The fraction of sp³-hybridized carbons (Fsp3) is 0.261. The van der Waals surface area contributed by atoms with Crippen LogP contribution in [-0.4, -0.2) is 33.6 Å². The molecule has 7 heteroatoms. The van der Waals surface area contributed by atoms with E-state index in [0.29, 0.717) is 37.3 Å². The van der Waals surface area contributed by atoms with Crippen molar-refractivity contribution < 1.29 is 19.3 Å². The Kier molecular flexibility index (Phi) is 4.40. The maximum absolute atomic E-state index is 13.3. The lowest BCUT2D eigenvalue weighted by molar-refractivity contribution is -0.136.